The number of amides is 3. The van der Waals surface area contributed by atoms with Crippen LogP contribution in [-0.4, -0.2) is 40.7 Å². The van der Waals surface area contributed by atoms with Crippen LogP contribution < -0.4 is 11.1 Å². The Labute approximate surface area is 107 Å². The van der Waals surface area contributed by atoms with Crippen molar-refractivity contribution in [2.24, 2.45) is 5.73 Å². The Kier molecular flexibility index (Phi) is 4.45. The maximum absolute atomic E-state index is 11.8. The van der Waals surface area contributed by atoms with Crippen molar-refractivity contribution in [3.8, 4) is 0 Å². The fourth-order valence-electron chi connectivity index (χ4n) is 1.68. The molecule has 1 aliphatic rings. The predicted octanol–water partition coefficient (Wildman–Crippen LogP) is -0.232. The van der Waals surface area contributed by atoms with E-state index in [4.69, 9.17) is 5.73 Å². The molecule has 3 N–H and O–H groups in total. The molecule has 1 unspecified atom stereocenters. The summed E-state index contributed by atoms with van der Waals surface area (Å²) in [6.07, 6.45) is 1.34. The maximum atomic E-state index is 11.8. The smallest absolute Gasteiger partial charge is 0.246 e. The SMILES string of the molecule is CCC(C)(C)NC(=O)CN1C(=O)CCC(N)C1=O. The first-order valence-corrected chi connectivity index (χ1v) is 6.17. The standard InChI is InChI=1S/C12H21N3O3/c1-4-12(2,3)14-9(16)7-15-10(17)6-5-8(13)11(15)18/h8H,4-7,13H2,1-3H3,(H,14,16). The number of hydrogen-bond donors (Lipinski definition) is 2. The fourth-order valence-corrected chi connectivity index (χ4v) is 1.68. The van der Waals surface area contributed by atoms with Gasteiger partial charge in [0, 0.05) is 12.0 Å². The summed E-state index contributed by atoms with van der Waals surface area (Å²) >= 11 is 0. The minimum atomic E-state index is -0.672. The van der Waals surface area contributed by atoms with Gasteiger partial charge in [0.2, 0.25) is 17.7 Å². The quantitative estimate of drug-likeness (QED) is 0.678. The summed E-state index contributed by atoms with van der Waals surface area (Å²) in [5.41, 5.74) is 5.24. The van der Waals surface area contributed by atoms with E-state index < -0.39 is 11.9 Å². The largest absolute Gasteiger partial charge is 0.350 e. The third-order valence-corrected chi connectivity index (χ3v) is 3.22. The zero-order chi connectivity index (χ0) is 13.9. The molecule has 1 rings (SSSR count). The number of nitrogens with one attached hydrogen (secondary N) is 1. The topological polar surface area (TPSA) is 92.5 Å². The van der Waals surface area contributed by atoms with Gasteiger partial charge in [0.05, 0.1) is 6.04 Å². The lowest BCUT2D eigenvalue weighted by Gasteiger charge is -2.30. The van der Waals surface area contributed by atoms with Gasteiger partial charge in [-0.15, -0.1) is 0 Å². The Balaban J connectivity index is 2.63. The molecule has 0 aromatic carbocycles. The highest BCUT2D eigenvalue weighted by atomic mass is 16.2. The summed E-state index contributed by atoms with van der Waals surface area (Å²) in [5.74, 6) is -1.13. The molecule has 0 spiro atoms. The van der Waals surface area contributed by atoms with Crippen LogP contribution in [0.25, 0.3) is 0 Å². The molecule has 1 fully saturated rings. The van der Waals surface area contributed by atoms with Gasteiger partial charge in [-0.3, -0.25) is 19.3 Å². The van der Waals surface area contributed by atoms with Crippen LogP contribution in [-0.2, 0) is 14.4 Å². The van der Waals surface area contributed by atoms with Crippen LogP contribution in [0.15, 0.2) is 0 Å². The van der Waals surface area contributed by atoms with Gasteiger partial charge in [-0.05, 0) is 26.7 Å². The van der Waals surface area contributed by atoms with E-state index in [9.17, 15) is 14.4 Å². The van der Waals surface area contributed by atoms with Crippen LogP contribution in [0.2, 0.25) is 0 Å². The lowest BCUT2D eigenvalue weighted by Crippen LogP contribution is -2.55. The Morgan fingerprint density at radius 2 is 2.11 bits per heavy atom. The molecule has 3 amide bonds. The molecule has 0 bridgehead atoms. The van der Waals surface area contributed by atoms with Crippen molar-refractivity contribution in [2.75, 3.05) is 6.54 Å². The van der Waals surface area contributed by atoms with Crippen molar-refractivity contribution in [2.45, 2.75) is 51.6 Å². The second kappa shape index (κ2) is 5.48. The van der Waals surface area contributed by atoms with Crippen LogP contribution in [0.3, 0.4) is 0 Å². The number of likely N-dealkylation sites (tertiary alicyclic amines) is 1. The number of imide groups is 1. The van der Waals surface area contributed by atoms with E-state index in [2.05, 4.69) is 5.32 Å². The van der Waals surface area contributed by atoms with Crippen molar-refractivity contribution < 1.29 is 14.4 Å². The highest BCUT2D eigenvalue weighted by molar-refractivity contribution is 6.03. The van der Waals surface area contributed by atoms with Crippen LogP contribution in [0, 0.1) is 0 Å². The highest BCUT2D eigenvalue weighted by Gasteiger charge is 2.33. The first-order chi connectivity index (χ1) is 8.26. The summed E-state index contributed by atoms with van der Waals surface area (Å²) in [6.45, 7) is 5.48. The molecule has 0 aliphatic carbocycles. The van der Waals surface area contributed by atoms with Gasteiger partial charge in [-0.25, -0.2) is 0 Å². The Morgan fingerprint density at radius 1 is 1.50 bits per heavy atom. The first-order valence-electron chi connectivity index (χ1n) is 6.17. The summed E-state index contributed by atoms with van der Waals surface area (Å²) in [5, 5.41) is 2.78. The van der Waals surface area contributed by atoms with E-state index in [1.165, 1.54) is 0 Å². The van der Waals surface area contributed by atoms with Crippen molar-refractivity contribution in [3.05, 3.63) is 0 Å². The van der Waals surface area contributed by atoms with Crippen LogP contribution >= 0.6 is 0 Å². The Bertz CT molecular complexity index is 366. The summed E-state index contributed by atoms with van der Waals surface area (Å²) in [7, 11) is 0. The van der Waals surface area contributed by atoms with E-state index >= 15 is 0 Å². The molecule has 0 radical (unpaired) electrons. The molecule has 1 aliphatic heterocycles. The van der Waals surface area contributed by atoms with E-state index in [-0.39, 0.29) is 30.3 Å². The number of nitrogens with zero attached hydrogens (tertiary/aromatic N) is 1. The number of hydrogen-bond acceptors (Lipinski definition) is 4. The van der Waals surface area contributed by atoms with Crippen LogP contribution in [0.5, 0.6) is 0 Å². The zero-order valence-corrected chi connectivity index (χ0v) is 11.2. The van der Waals surface area contributed by atoms with E-state index in [1.807, 2.05) is 20.8 Å². The van der Waals surface area contributed by atoms with Crippen molar-refractivity contribution in [1.29, 1.82) is 0 Å². The number of nitrogens with two attached hydrogens (primary N) is 1. The molecule has 0 aromatic heterocycles. The molecule has 1 heterocycles. The monoisotopic (exact) mass is 255 g/mol. The molecular weight excluding hydrogens is 234 g/mol. The van der Waals surface area contributed by atoms with Crippen molar-refractivity contribution in [1.82, 2.24) is 10.2 Å². The molecule has 0 aromatic rings. The third kappa shape index (κ3) is 3.53. The number of carbonyl (C=O) groups is 3. The fraction of sp³-hybridized carbons (Fsp3) is 0.750. The second-order valence-corrected chi connectivity index (χ2v) is 5.25. The Hall–Kier alpha value is -1.43. The average Bonchev–Trinajstić information content (AvgIpc) is 2.29. The lowest BCUT2D eigenvalue weighted by atomic mass is 10.0. The maximum Gasteiger partial charge on any atom is 0.246 e. The molecule has 0 saturated carbocycles. The first kappa shape index (κ1) is 14.6. The number of carbonyl (C=O) groups excluding carboxylic acids is 3. The van der Waals surface area contributed by atoms with Gasteiger partial charge in [-0.1, -0.05) is 6.92 Å². The lowest BCUT2D eigenvalue weighted by molar-refractivity contribution is -0.152. The molecular formula is C12H21N3O3. The van der Waals surface area contributed by atoms with Gasteiger partial charge < -0.3 is 11.1 Å². The highest BCUT2D eigenvalue weighted by Crippen LogP contribution is 2.12. The van der Waals surface area contributed by atoms with E-state index in [0.29, 0.717) is 6.42 Å². The normalized spacial score (nSPS) is 21.1. The van der Waals surface area contributed by atoms with Gasteiger partial charge in [0.25, 0.3) is 0 Å². The molecule has 6 nitrogen and oxygen atoms in total. The van der Waals surface area contributed by atoms with E-state index in [1.54, 1.807) is 0 Å². The van der Waals surface area contributed by atoms with E-state index in [0.717, 1.165) is 11.3 Å². The second-order valence-electron chi connectivity index (χ2n) is 5.25. The minimum Gasteiger partial charge on any atom is -0.350 e. The predicted molar refractivity (Wildman–Crippen MR) is 66.4 cm³/mol. The van der Waals surface area contributed by atoms with Gasteiger partial charge in [0.15, 0.2) is 0 Å². The van der Waals surface area contributed by atoms with Crippen LogP contribution in [0.1, 0.15) is 40.0 Å². The van der Waals surface area contributed by atoms with Gasteiger partial charge in [-0.2, -0.15) is 0 Å². The molecule has 102 valence electrons. The molecule has 1 saturated heterocycles. The zero-order valence-electron chi connectivity index (χ0n) is 11.2. The summed E-state index contributed by atoms with van der Waals surface area (Å²) in [6, 6.07) is -0.672. The average molecular weight is 255 g/mol. The molecule has 1 atom stereocenters. The number of piperidine rings is 1. The van der Waals surface area contributed by atoms with Gasteiger partial charge >= 0.3 is 0 Å². The van der Waals surface area contributed by atoms with Gasteiger partial charge in [0.1, 0.15) is 6.54 Å². The third-order valence-electron chi connectivity index (χ3n) is 3.22. The molecule has 6 heteroatoms. The van der Waals surface area contributed by atoms with Crippen LogP contribution in [0.4, 0.5) is 0 Å². The van der Waals surface area contributed by atoms with Crippen molar-refractivity contribution >= 4 is 17.7 Å². The summed E-state index contributed by atoms with van der Waals surface area (Å²) in [4.78, 5) is 36.0. The summed E-state index contributed by atoms with van der Waals surface area (Å²) < 4.78 is 0. The molecule has 18 heavy (non-hydrogen) atoms. The van der Waals surface area contributed by atoms with Crippen molar-refractivity contribution in [3.63, 3.8) is 0 Å². The minimum absolute atomic E-state index is 0.220. The number of rotatable bonds is 4. The Morgan fingerprint density at radius 3 is 2.67 bits per heavy atom.